The van der Waals surface area contributed by atoms with Crippen LogP contribution in [0.2, 0.25) is 0 Å². The molecule has 0 aliphatic rings. The largest absolute Gasteiger partial charge is 0.388 e. The van der Waals surface area contributed by atoms with Crippen molar-refractivity contribution in [1.82, 2.24) is 0 Å². The molecule has 1 aromatic carbocycles. The molecule has 0 saturated heterocycles. The van der Waals surface area contributed by atoms with Crippen LogP contribution in [0.4, 0.5) is 0 Å². The summed E-state index contributed by atoms with van der Waals surface area (Å²) in [7, 11) is 0. The van der Waals surface area contributed by atoms with Crippen LogP contribution in [0.1, 0.15) is 12.5 Å². The first-order chi connectivity index (χ1) is 6.24. The predicted molar refractivity (Wildman–Crippen MR) is 59.9 cm³/mol. The van der Waals surface area contributed by atoms with E-state index in [1.807, 2.05) is 43.3 Å². The van der Waals surface area contributed by atoms with E-state index in [1.165, 1.54) is 0 Å². The van der Waals surface area contributed by atoms with E-state index < -0.39 is 0 Å². The zero-order valence-corrected chi connectivity index (χ0v) is 9.16. The molecule has 1 atom stereocenters. The van der Waals surface area contributed by atoms with Gasteiger partial charge in [-0.15, -0.1) is 0 Å². The number of rotatable bonds is 3. The first-order valence-corrected chi connectivity index (χ1v) is 5.33. The molecule has 70 valence electrons. The van der Waals surface area contributed by atoms with Crippen molar-refractivity contribution in [2.45, 2.75) is 13.0 Å². The van der Waals surface area contributed by atoms with Crippen LogP contribution >= 0.6 is 15.9 Å². The van der Waals surface area contributed by atoms with E-state index in [2.05, 4.69) is 15.9 Å². The monoisotopic (exact) mass is 240 g/mol. The van der Waals surface area contributed by atoms with E-state index in [9.17, 15) is 5.11 Å². The maximum atomic E-state index is 9.47. The Kier molecular flexibility index (Phi) is 4.19. The highest BCUT2D eigenvalue weighted by Gasteiger charge is 2.02. The highest BCUT2D eigenvalue weighted by atomic mass is 79.9. The molecule has 0 aromatic heterocycles. The first-order valence-electron chi connectivity index (χ1n) is 4.21. The smallest absolute Gasteiger partial charge is 0.0847 e. The molecule has 0 aliphatic carbocycles. The SMILES string of the molecule is C/C(=C\c1ccccc1)C(O)CBr. The zero-order valence-electron chi connectivity index (χ0n) is 7.57. The van der Waals surface area contributed by atoms with Gasteiger partial charge in [-0.1, -0.05) is 52.3 Å². The van der Waals surface area contributed by atoms with Crippen molar-refractivity contribution in [3.05, 3.63) is 41.5 Å². The third-order valence-electron chi connectivity index (χ3n) is 1.87. The number of aliphatic hydroxyl groups is 1. The summed E-state index contributed by atoms with van der Waals surface area (Å²) in [6, 6.07) is 9.99. The molecule has 1 rings (SSSR count). The Hall–Kier alpha value is -0.600. The Labute approximate surface area is 87.2 Å². The molecule has 0 saturated carbocycles. The minimum absolute atomic E-state index is 0.389. The van der Waals surface area contributed by atoms with Gasteiger partial charge in [0.25, 0.3) is 0 Å². The van der Waals surface area contributed by atoms with Crippen LogP contribution in [0.5, 0.6) is 0 Å². The van der Waals surface area contributed by atoms with E-state index in [1.54, 1.807) is 0 Å². The molecule has 0 fully saturated rings. The fraction of sp³-hybridized carbons (Fsp3) is 0.273. The van der Waals surface area contributed by atoms with Crippen LogP contribution < -0.4 is 0 Å². The number of aliphatic hydroxyl groups excluding tert-OH is 1. The predicted octanol–water partition coefficient (Wildman–Crippen LogP) is 2.85. The van der Waals surface area contributed by atoms with Crippen molar-refractivity contribution in [3.63, 3.8) is 0 Å². The van der Waals surface area contributed by atoms with Crippen molar-refractivity contribution in [1.29, 1.82) is 0 Å². The lowest BCUT2D eigenvalue weighted by Crippen LogP contribution is -2.08. The van der Waals surface area contributed by atoms with Gasteiger partial charge in [0.2, 0.25) is 0 Å². The summed E-state index contributed by atoms with van der Waals surface area (Å²) < 4.78 is 0. The van der Waals surface area contributed by atoms with Crippen molar-refractivity contribution in [2.75, 3.05) is 5.33 Å². The quantitative estimate of drug-likeness (QED) is 0.807. The summed E-state index contributed by atoms with van der Waals surface area (Å²) in [5, 5.41) is 10.1. The van der Waals surface area contributed by atoms with Crippen LogP contribution in [0.25, 0.3) is 6.08 Å². The molecule has 0 bridgehead atoms. The van der Waals surface area contributed by atoms with Crippen molar-refractivity contribution >= 4 is 22.0 Å². The normalized spacial score (nSPS) is 14.2. The molecular weight excluding hydrogens is 228 g/mol. The standard InChI is InChI=1S/C11H13BrO/c1-9(11(13)8-12)7-10-5-3-2-4-6-10/h2-7,11,13H,8H2,1H3/b9-7+. The molecule has 1 nitrogen and oxygen atoms in total. The Morgan fingerprint density at radius 3 is 2.62 bits per heavy atom. The summed E-state index contributed by atoms with van der Waals surface area (Å²) in [4.78, 5) is 0. The van der Waals surface area contributed by atoms with Gasteiger partial charge in [0, 0.05) is 5.33 Å². The van der Waals surface area contributed by atoms with Gasteiger partial charge in [-0.2, -0.15) is 0 Å². The summed E-state index contributed by atoms with van der Waals surface area (Å²) >= 11 is 3.24. The molecule has 0 radical (unpaired) electrons. The summed E-state index contributed by atoms with van der Waals surface area (Å²) in [6.07, 6.45) is 1.60. The maximum Gasteiger partial charge on any atom is 0.0847 e. The summed E-state index contributed by atoms with van der Waals surface area (Å²) in [6.45, 7) is 1.93. The molecule has 2 heteroatoms. The van der Waals surface area contributed by atoms with Crippen LogP contribution in [0.15, 0.2) is 35.9 Å². The summed E-state index contributed by atoms with van der Waals surface area (Å²) in [5.41, 5.74) is 2.10. The third-order valence-corrected chi connectivity index (χ3v) is 2.48. The minimum atomic E-state index is -0.389. The number of hydrogen-bond donors (Lipinski definition) is 1. The lowest BCUT2D eigenvalue weighted by Gasteiger charge is -2.06. The fourth-order valence-electron chi connectivity index (χ4n) is 1.03. The zero-order chi connectivity index (χ0) is 9.68. The molecule has 1 aromatic rings. The molecule has 0 amide bonds. The molecule has 1 unspecified atom stereocenters. The molecular formula is C11H13BrO. The van der Waals surface area contributed by atoms with Gasteiger partial charge in [-0.25, -0.2) is 0 Å². The number of halogens is 1. The Bertz CT molecular complexity index is 279. The Balaban J connectivity index is 2.77. The van der Waals surface area contributed by atoms with E-state index in [-0.39, 0.29) is 6.10 Å². The van der Waals surface area contributed by atoms with Crippen LogP contribution in [0.3, 0.4) is 0 Å². The van der Waals surface area contributed by atoms with Gasteiger partial charge in [0.15, 0.2) is 0 Å². The molecule has 1 N–H and O–H groups in total. The van der Waals surface area contributed by atoms with Gasteiger partial charge in [-0.3, -0.25) is 0 Å². The van der Waals surface area contributed by atoms with Gasteiger partial charge in [0.05, 0.1) is 6.10 Å². The average Bonchev–Trinajstić information content (AvgIpc) is 2.18. The second-order valence-corrected chi connectivity index (χ2v) is 3.62. The maximum absolute atomic E-state index is 9.47. The van der Waals surface area contributed by atoms with Gasteiger partial charge in [0.1, 0.15) is 0 Å². The van der Waals surface area contributed by atoms with E-state index >= 15 is 0 Å². The van der Waals surface area contributed by atoms with E-state index in [4.69, 9.17) is 0 Å². The van der Waals surface area contributed by atoms with Crippen LogP contribution in [-0.4, -0.2) is 16.5 Å². The molecule has 0 aliphatic heterocycles. The van der Waals surface area contributed by atoms with Crippen molar-refractivity contribution < 1.29 is 5.11 Å². The van der Waals surface area contributed by atoms with Crippen molar-refractivity contribution in [2.24, 2.45) is 0 Å². The summed E-state index contributed by atoms with van der Waals surface area (Å²) in [5.74, 6) is 0. The Morgan fingerprint density at radius 1 is 1.46 bits per heavy atom. The molecule has 13 heavy (non-hydrogen) atoms. The third kappa shape index (κ3) is 3.33. The van der Waals surface area contributed by atoms with Gasteiger partial charge in [-0.05, 0) is 18.1 Å². The van der Waals surface area contributed by atoms with Crippen molar-refractivity contribution in [3.8, 4) is 0 Å². The van der Waals surface area contributed by atoms with Crippen LogP contribution in [0, 0.1) is 0 Å². The molecule has 0 spiro atoms. The second-order valence-electron chi connectivity index (χ2n) is 2.97. The number of hydrogen-bond acceptors (Lipinski definition) is 1. The first kappa shape index (κ1) is 10.5. The highest BCUT2D eigenvalue weighted by molar-refractivity contribution is 9.09. The average molecular weight is 241 g/mol. The number of alkyl halides is 1. The van der Waals surface area contributed by atoms with E-state index in [0.29, 0.717) is 5.33 Å². The lowest BCUT2D eigenvalue weighted by atomic mass is 10.1. The second kappa shape index (κ2) is 5.20. The topological polar surface area (TPSA) is 20.2 Å². The highest BCUT2D eigenvalue weighted by Crippen LogP contribution is 2.10. The van der Waals surface area contributed by atoms with Gasteiger partial charge >= 0.3 is 0 Å². The number of benzene rings is 1. The van der Waals surface area contributed by atoms with Gasteiger partial charge < -0.3 is 5.11 Å². The van der Waals surface area contributed by atoms with Crippen LogP contribution in [-0.2, 0) is 0 Å². The van der Waals surface area contributed by atoms with E-state index in [0.717, 1.165) is 11.1 Å². The fourth-order valence-corrected chi connectivity index (χ4v) is 1.54. The molecule has 0 heterocycles. The Morgan fingerprint density at radius 2 is 2.08 bits per heavy atom. The lowest BCUT2D eigenvalue weighted by molar-refractivity contribution is 0.238. The minimum Gasteiger partial charge on any atom is -0.388 e.